The summed E-state index contributed by atoms with van der Waals surface area (Å²) in [5.74, 6) is 1.76. The number of anilines is 2. The molecule has 0 radical (unpaired) electrons. The van der Waals surface area contributed by atoms with Crippen molar-refractivity contribution < 1.29 is 4.79 Å². The van der Waals surface area contributed by atoms with Gasteiger partial charge in [0.25, 0.3) is 0 Å². The highest BCUT2D eigenvalue weighted by Crippen LogP contribution is 2.55. The minimum absolute atomic E-state index is 0.195. The number of fused-ring (bicyclic) bond motifs is 1. The van der Waals surface area contributed by atoms with Crippen molar-refractivity contribution in [2.45, 2.75) is 32.6 Å². The smallest absolute Gasteiger partial charge is 0.228 e. The first-order valence-electron chi connectivity index (χ1n) is 6.84. The number of carbonyl (C=O) groups excluding carboxylic acids is 1. The van der Waals surface area contributed by atoms with Gasteiger partial charge in [0.05, 0.1) is 0 Å². The molecule has 0 heterocycles. The third-order valence-electron chi connectivity index (χ3n) is 4.59. The lowest BCUT2D eigenvalue weighted by atomic mass is 10.0. The lowest BCUT2D eigenvalue weighted by Crippen LogP contribution is -2.16. The number of carbonyl (C=O) groups is 1. The van der Waals surface area contributed by atoms with Crippen LogP contribution in [0.3, 0.4) is 0 Å². The molecular formula is C15H20N2O. The monoisotopic (exact) mass is 244 g/mol. The number of nitrogens with two attached hydrogens (primary N) is 1. The van der Waals surface area contributed by atoms with Gasteiger partial charge in [0.15, 0.2) is 0 Å². The number of hydrogen-bond acceptors (Lipinski definition) is 2. The minimum Gasteiger partial charge on any atom is -0.398 e. The highest BCUT2D eigenvalue weighted by atomic mass is 16.2. The van der Waals surface area contributed by atoms with Gasteiger partial charge in [-0.05, 0) is 49.3 Å². The third-order valence-corrected chi connectivity index (χ3v) is 4.59. The van der Waals surface area contributed by atoms with E-state index in [1.165, 1.54) is 25.7 Å². The topological polar surface area (TPSA) is 55.1 Å². The molecule has 1 aromatic carbocycles. The summed E-state index contributed by atoms with van der Waals surface area (Å²) in [5, 5.41) is 3.05. The molecule has 1 aromatic rings. The van der Waals surface area contributed by atoms with E-state index in [4.69, 9.17) is 5.73 Å². The quantitative estimate of drug-likeness (QED) is 0.786. The Kier molecular flexibility index (Phi) is 2.77. The Balaban J connectivity index is 1.70. The van der Waals surface area contributed by atoms with Crippen LogP contribution in [-0.4, -0.2) is 5.91 Å². The van der Waals surface area contributed by atoms with Gasteiger partial charge >= 0.3 is 0 Å². The largest absolute Gasteiger partial charge is 0.398 e. The van der Waals surface area contributed by atoms with Gasteiger partial charge < -0.3 is 11.1 Å². The normalized spacial score (nSPS) is 29.5. The number of nitrogens with one attached hydrogen (secondary N) is 1. The highest BCUT2D eigenvalue weighted by Gasteiger charge is 2.54. The molecular weight excluding hydrogens is 224 g/mol. The zero-order valence-corrected chi connectivity index (χ0v) is 10.8. The molecule has 2 aliphatic rings. The lowest BCUT2D eigenvalue weighted by Gasteiger charge is -2.09. The van der Waals surface area contributed by atoms with Crippen molar-refractivity contribution >= 4 is 17.3 Å². The standard InChI is InChI=1S/C15H20N2O/c1-9-12(16)7-4-8-13(9)17-15(18)14-10-5-2-3-6-11(10)14/h4,7-8,10-11,14H,2-3,5-6,16H2,1H3,(H,17,18). The molecule has 2 saturated carbocycles. The fraction of sp³-hybridized carbons (Fsp3) is 0.533. The Morgan fingerprint density at radius 3 is 2.61 bits per heavy atom. The van der Waals surface area contributed by atoms with Gasteiger partial charge in [-0.2, -0.15) is 0 Å². The van der Waals surface area contributed by atoms with Gasteiger partial charge in [-0.1, -0.05) is 18.9 Å². The van der Waals surface area contributed by atoms with Gasteiger partial charge in [0, 0.05) is 17.3 Å². The molecule has 0 saturated heterocycles. The molecule has 2 fully saturated rings. The van der Waals surface area contributed by atoms with Crippen molar-refractivity contribution in [2.75, 3.05) is 11.1 Å². The summed E-state index contributed by atoms with van der Waals surface area (Å²) >= 11 is 0. The number of amides is 1. The molecule has 0 aliphatic heterocycles. The average Bonchev–Trinajstić information content (AvgIpc) is 3.09. The Labute approximate surface area is 108 Å². The first-order chi connectivity index (χ1) is 8.68. The number of benzene rings is 1. The second-order valence-corrected chi connectivity index (χ2v) is 5.65. The van der Waals surface area contributed by atoms with Crippen molar-refractivity contribution in [2.24, 2.45) is 17.8 Å². The Morgan fingerprint density at radius 1 is 1.28 bits per heavy atom. The molecule has 0 aromatic heterocycles. The summed E-state index contributed by atoms with van der Waals surface area (Å²) in [6.07, 6.45) is 5.06. The second-order valence-electron chi connectivity index (χ2n) is 5.65. The molecule has 3 N–H and O–H groups in total. The first kappa shape index (κ1) is 11.6. The third kappa shape index (κ3) is 1.88. The number of rotatable bonds is 2. The van der Waals surface area contributed by atoms with Crippen LogP contribution >= 0.6 is 0 Å². The van der Waals surface area contributed by atoms with E-state index in [1.54, 1.807) is 0 Å². The van der Waals surface area contributed by atoms with Crippen LogP contribution in [0.1, 0.15) is 31.2 Å². The van der Waals surface area contributed by atoms with E-state index in [1.807, 2.05) is 25.1 Å². The van der Waals surface area contributed by atoms with Crippen LogP contribution < -0.4 is 11.1 Å². The summed E-state index contributed by atoms with van der Waals surface area (Å²) in [6, 6.07) is 5.68. The number of hydrogen-bond donors (Lipinski definition) is 2. The Bertz CT molecular complexity index is 471. The van der Waals surface area contributed by atoms with E-state index in [9.17, 15) is 4.79 Å². The summed E-state index contributed by atoms with van der Waals surface area (Å²) in [7, 11) is 0. The van der Waals surface area contributed by atoms with Crippen molar-refractivity contribution in [3.8, 4) is 0 Å². The zero-order valence-electron chi connectivity index (χ0n) is 10.8. The van der Waals surface area contributed by atoms with Gasteiger partial charge in [0.2, 0.25) is 5.91 Å². The van der Waals surface area contributed by atoms with Crippen molar-refractivity contribution in [1.29, 1.82) is 0 Å². The van der Waals surface area contributed by atoms with Crippen LogP contribution in [0.15, 0.2) is 18.2 Å². The first-order valence-corrected chi connectivity index (χ1v) is 6.84. The lowest BCUT2D eigenvalue weighted by molar-refractivity contribution is -0.117. The maximum atomic E-state index is 12.3. The summed E-state index contributed by atoms with van der Waals surface area (Å²) < 4.78 is 0. The van der Waals surface area contributed by atoms with Gasteiger partial charge in [-0.15, -0.1) is 0 Å². The molecule has 2 aliphatic carbocycles. The molecule has 0 bridgehead atoms. The fourth-order valence-electron chi connectivity index (χ4n) is 3.39. The van der Waals surface area contributed by atoms with Crippen LogP contribution in [0, 0.1) is 24.7 Å². The Hall–Kier alpha value is -1.51. The van der Waals surface area contributed by atoms with Gasteiger partial charge in [0.1, 0.15) is 0 Å². The van der Waals surface area contributed by atoms with Crippen LogP contribution in [0.2, 0.25) is 0 Å². The Morgan fingerprint density at radius 2 is 1.94 bits per heavy atom. The molecule has 2 atom stereocenters. The zero-order chi connectivity index (χ0) is 12.7. The van der Waals surface area contributed by atoms with E-state index in [0.29, 0.717) is 11.8 Å². The van der Waals surface area contributed by atoms with Crippen LogP contribution in [0.25, 0.3) is 0 Å². The molecule has 3 rings (SSSR count). The van der Waals surface area contributed by atoms with Gasteiger partial charge in [-0.25, -0.2) is 0 Å². The molecule has 0 spiro atoms. The van der Waals surface area contributed by atoms with Gasteiger partial charge in [-0.3, -0.25) is 4.79 Å². The van der Waals surface area contributed by atoms with Crippen LogP contribution in [-0.2, 0) is 4.79 Å². The predicted octanol–water partition coefficient (Wildman–Crippen LogP) is 2.95. The molecule has 3 nitrogen and oxygen atoms in total. The second kappa shape index (κ2) is 4.30. The van der Waals surface area contributed by atoms with Crippen molar-refractivity contribution in [3.63, 3.8) is 0 Å². The number of nitrogen functional groups attached to an aromatic ring is 1. The maximum absolute atomic E-state index is 12.3. The summed E-state index contributed by atoms with van der Waals surface area (Å²) in [4.78, 5) is 12.3. The van der Waals surface area contributed by atoms with E-state index in [-0.39, 0.29) is 11.8 Å². The highest BCUT2D eigenvalue weighted by molar-refractivity contribution is 5.96. The molecule has 2 unspecified atom stereocenters. The summed E-state index contributed by atoms with van der Waals surface area (Å²) in [5.41, 5.74) is 8.42. The van der Waals surface area contributed by atoms with E-state index < -0.39 is 0 Å². The minimum atomic E-state index is 0.195. The van der Waals surface area contributed by atoms with Crippen LogP contribution in [0.5, 0.6) is 0 Å². The van der Waals surface area contributed by atoms with E-state index >= 15 is 0 Å². The molecule has 18 heavy (non-hydrogen) atoms. The van der Waals surface area contributed by atoms with Crippen LogP contribution in [0.4, 0.5) is 11.4 Å². The maximum Gasteiger partial charge on any atom is 0.228 e. The van der Waals surface area contributed by atoms with E-state index in [0.717, 1.165) is 16.9 Å². The fourth-order valence-corrected chi connectivity index (χ4v) is 3.39. The summed E-state index contributed by atoms with van der Waals surface area (Å²) in [6.45, 7) is 1.95. The van der Waals surface area contributed by atoms with Crippen molar-refractivity contribution in [3.05, 3.63) is 23.8 Å². The molecule has 1 amide bonds. The molecule has 3 heteroatoms. The van der Waals surface area contributed by atoms with Crippen molar-refractivity contribution in [1.82, 2.24) is 0 Å². The van der Waals surface area contributed by atoms with E-state index in [2.05, 4.69) is 5.32 Å². The predicted molar refractivity (Wildman–Crippen MR) is 73.2 cm³/mol. The average molecular weight is 244 g/mol. The SMILES string of the molecule is Cc1c(N)cccc1NC(=O)C1C2CCCCC21. The molecule has 96 valence electrons.